The van der Waals surface area contributed by atoms with Crippen LogP contribution >= 0.6 is 0 Å². The highest BCUT2D eigenvalue weighted by molar-refractivity contribution is 4.80. The molecule has 0 aromatic heterocycles. The predicted octanol–water partition coefficient (Wildman–Crippen LogP) is 2.55. The molecule has 2 aliphatic rings. The first-order valence-electron chi connectivity index (χ1n) is 7.53. The number of ether oxygens (including phenoxy) is 2. The predicted molar refractivity (Wildman–Crippen MR) is 73.8 cm³/mol. The van der Waals surface area contributed by atoms with Crippen molar-refractivity contribution in [2.24, 2.45) is 11.8 Å². The van der Waals surface area contributed by atoms with E-state index in [-0.39, 0.29) is 0 Å². The highest BCUT2D eigenvalue weighted by atomic mass is 16.5. The van der Waals surface area contributed by atoms with Gasteiger partial charge in [-0.3, -0.25) is 0 Å². The fraction of sp³-hybridized carbons (Fsp3) is 1.00. The molecule has 2 rings (SSSR count). The highest BCUT2D eigenvalue weighted by Gasteiger charge is 2.29. The lowest BCUT2D eigenvalue weighted by Gasteiger charge is -2.34. The van der Waals surface area contributed by atoms with Crippen molar-refractivity contribution in [1.82, 2.24) is 4.90 Å². The van der Waals surface area contributed by atoms with Crippen LogP contribution in [0.4, 0.5) is 0 Å². The summed E-state index contributed by atoms with van der Waals surface area (Å²) in [6, 6.07) is 0. The molecule has 1 aliphatic heterocycles. The van der Waals surface area contributed by atoms with Crippen LogP contribution in [0.2, 0.25) is 0 Å². The number of likely N-dealkylation sites (tertiary alicyclic amines) is 1. The quantitative estimate of drug-likeness (QED) is 0.753. The Morgan fingerprint density at radius 2 is 1.94 bits per heavy atom. The molecule has 4 atom stereocenters. The molecule has 0 amide bonds. The Morgan fingerprint density at radius 3 is 2.67 bits per heavy atom. The average Bonchev–Trinajstić information content (AvgIpc) is 2.83. The number of hydrogen-bond acceptors (Lipinski definition) is 3. The van der Waals surface area contributed by atoms with Gasteiger partial charge in [0.15, 0.2) is 0 Å². The van der Waals surface area contributed by atoms with E-state index in [1.807, 2.05) is 7.11 Å². The van der Waals surface area contributed by atoms with Gasteiger partial charge in [0, 0.05) is 20.3 Å². The fourth-order valence-electron chi connectivity index (χ4n) is 3.43. The Morgan fingerprint density at radius 1 is 1.17 bits per heavy atom. The molecule has 0 aromatic carbocycles. The maximum atomic E-state index is 6.11. The molecule has 3 heteroatoms. The van der Waals surface area contributed by atoms with Crippen LogP contribution in [0.25, 0.3) is 0 Å². The summed E-state index contributed by atoms with van der Waals surface area (Å²) >= 11 is 0. The van der Waals surface area contributed by atoms with Crippen LogP contribution in [0, 0.1) is 11.8 Å². The van der Waals surface area contributed by atoms with E-state index >= 15 is 0 Å². The molecule has 0 radical (unpaired) electrons. The minimum atomic E-state index is 0.339. The minimum Gasteiger partial charge on any atom is -0.379 e. The number of nitrogens with zero attached hydrogens (tertiary/aromatic N) is 1. The summed E-state index contributed by atoms with van der Waals surface area (Å²) in [5, 5.41) is 0. The number of piperidine rings is 1. The smallest absolute Gasteiger partial charge is 0.0836 e. The van der Waals surface area contributed by atoms with Gasteiger partial charge in [0.05, 0.1) is 12.2 Å². The molecule has 2 fully saturated rings. The Hall–Kier alpha value is -0.120. The van der Waals surface area contributed by atoms with Gasteiger partial charge in [-0.15, -0.1) is 0 Å². The maximum absolute atomic E-state index is 6.11. The first kappa shape index (κ1) is 14.3. The third kappa shape index (κ3) is 3.69. The lowest BCUT2D eigenvalue weighted by Crippen LogP contribution is -2.37. The molecule has 0 N–H and O–H groups in total. The lowest BCUT2D eigenvalue weighted by molar-refractivity contribution is -0.0559. The van der Waals surface area contributed by atoms with E-state index in [0.29, 0.717) is 18.1 Å². The van der Waals surface area contributed by atoms with E-state index in [9.17, 15) is 0 Å². The summed E-state index contributed by atoms with van der Waals surface area (Å²) in [6.45, 7) is 5.75. The van der Waals surface area contributed by atoms with Gasteiger partial charge < -0.3 is 14.4 Å². The second-order valence-electron chi connectivity index (χ2n) is 6.22. The molecule has 1 aliphatic carbocycles. The summed E-state index contributed by atoms with van der Waals surface area (Å²) in [5.41, 5.74) is 0. The van der Waals surface area contributed by atoms with Crippen molar-refractivity contribution < 1.29 is 9.47 Å². The van der Waals surface area contributed by atoms with Crippen molar-refractivity contribution in [3.8, 4) is 0 Å². The summed E-state index contributed by atoms with van der Waals surface area (Å²) in [5.74, 6) is 1.48. The summed E-state index contributed by atoms with van der Waals surface area (Å²) in [6.07, 6.45) is 6.99. The molecule has 0 bridgehead atoms. The van der Waals surface area contributed by atoms with Crippen LogP contribution in [-0.2, 0) is 9.47 Å². The number of hydrogen-bond donors (Lipinski definition) is 0. The Labute approximate surface area is 112 Å². The SMILES string of the molecule is COC1CCCC1OCC(C)[C@@H]1CCCN(C)C1. The molecule has 106 valence electrons. The standard InChI is InChI=1S/C15H29NO2/c1-12(13-6-5-9-16(2)10-13)11-18-15-8-4-7-14(15)17-3/h12-15H,4-11H2,1-3H3/t12?,13-,14?,15?/m1/s1. The molecule has 3 unspecified atom stereocenters. The molecule has 3 nitrogen and oxygen atoms in total. The zero-order valence-corrected chi connectivity index (χ0v) is 12.2. The van der Waals surface area contributed by atoms with Gasteiger partial charge in [-0.25, -0.2) is 0 Å². The molecule has 1 heterocycles. The van der Waals surface area contributed by atoms with Gasteiger partial charge >= 0.3 is 0 Å². The lowest BCUT2D eigenvalue weighted by atomic mass is 9.87. The fourth-order valence-corrected chi connectivity index (χ4v) is 3.43. The van der Waals surface area contributed by atoms with Crippen molar-refractivity contribution in [2.75, 3.05) is 33.9 Å². The average molecular weight is 255 g/mol. The molecule has 1 saturated heterocycles. The van der Waals surface area contributed by atoms with Gasteiger partial charge in [0.1, 0.15) is 0 Å². The van der Waals surface area contributed by atoms with E-state index in [1.165, 1.54) is 45.2 Å². The summed E-state index contributed by atoms with van der Waals surface area (Å²) in [4.78, 5) is 2.46. The summed E-state index contributed by atoms with van der Waals surface area (Å²) < 4.78 is 11.6. The third-order valence-corrected chi connectivity index (χ3v) is 4.73. The van der Waals surface area contributed by atoms with Crippen molar-refractivity contribution in [3.05, 3.63) is 0 Å². The van der Waals surface area contributed by atoms with Crippen LogP contribution in [0.1, 0.15) is 39.0 Å². The molecule has 18 heavy (non-hydrogen) atoms. The Bertz CT molecular complexity index is 247. The topological polar surface area (TPSA) is 21.7 Å². The van der Waals surface area contributed by atoms with Gasteiger partial charge in [-0.2, -0.15) is 0 Å². The van der Waals surface area contributed by atoms with E-state index in [0.717, 1.165) is 12.5 Å². The van der Waals surface area contributed by atoms with Crippen LogP contribution < -0.4 is 0 Å². The van der Waals surface area contributed by atoms with Crippen molar-refractivity contribution >= 4 is 0 Å². The van der Waals surface area contributed by atoms with Crippen molar-refractivity contribution in [1.29, 1.82) is 0 Å². The molecular formula is C15H29NO2. The van der Waals surface area contributed by atoms with E-state index < -0.39 is 0 Å². The normalized spacial score (nSPS) is 35.8. The minimum absolute atomic E-state index is 0.339. The molecule has 0 spiro atoms. The largest absolute Gasteiger partial charge is 0.379 e. The van der Waals surface area contributed by atoms with Crippen LogP contribution in [0.5, 0.6) is 0 Å². The van der Waals surface area contributed by atoms with Gasteiger partial charge in [-0.05, 0) is 57.5 Å². The third-order valence-electron chi connectivity index (χ3n) is 4.73. The highest BCUT2D eigenvalue weighted by Crippen LogP contribution is 2.27. The first-order valence-corrected chi connectivity index (χ1v) is 7.53. The van der Waals surface area contributed by atoms with Gasteiger partial charge in [0.2, 0.25) is 0 Å². The Kier molecular flexibility index (Phi) is 5.46. The maximum Gasteiger partial charge on any atom is 0.0836 e. The van der Waals surface area contributed by atoms with Crippen molar-refractivity contribution in [3.63, 3.8) is 0 Å². The molecule has 0 aromatic rings. The first-order chi connectivity index (χ1) is 8.70. The van der Waals surface area contributed by atoms with E-state index in [2.05, 4.69) is 18.9 Å². The Balaban J connectivity index is 1.72. The monoisotopic (exact) mass is 255 g/mol. The second-order valence-corrected chi connectivity index (χ2v) is 6.22. The van der Waals surface area contributed by atoms with Gasteiger partial charge in [-0.1, -0.05) is 6.92 Å². The summed E-state index contributed by atoms with van der Waals surface area (Å²) in [7, 11) is 4.05. The van der Waals surface area contributed by atoms with Gasteiger partial charge in [0.25, 0.3) is 0 Å². The zero-order valence-electron chi connectivity index (χ0n) is 12.2. The van der Waals surface area contributed by atoms with Crippen LogP contribution in [-0.4, -0.2) is 51.0 Å². The number of rotatable bonds is 5. The second kappa shape index (κ2) is 6.88. The number of methoxy groups -OCH3 is 1. The zero-order chi connectivity index (χ0) is 13.0. The van der Waals surface area contributed by atoms with E-state index in [4.69, 9.17) is 9.47 Å². The van der Waals surface area contributed by atoms with Crippen LogP contribution in [0.3, 0.4) is 0 Å². The van der Waals surface area contributed by atoms with Crippen molar-refractivity contribution in [2.45, 2.75) is 51.2 Å². The molecule has 1 saturated carbocycles. The molecular weight excluding hydrogens is 226 g/mol. The van der Waals surface area contributed by atoms with Crippen LogP contribution in [0.15, 0.2) is 0 Å². The van der Waals surface area contributed by atoms with E-state index in [1.54, 1.807) is 0 Å².